The van der Waals surface area contributed by atoms with Gasteiger partial charge in [0.05, 0.1) is 0 Å². The molecule has 0 bridgehead atoms. The SMILES string of the molecule is NNc1ccc(C=CCCNC(=O)OCc2ccccc2)cn1. The first-order valence-electron chi connectivity index (χ1n) is 7.31. The van der Waals surface area contributed by atoms with Gasteiger partial charge in [-0.05, 0) is 29.7 Å². The lowest BCUT2D eigenvalue weighted by Gasteiger charge is -2.05. The van der Waals surface area contributed by atoms with Crippen molar-refractivity contribution in [2.24, 2.45) is 5.84 Å². The number of alkyl carbamates (subject to hydrolysis) is 1. The Morgan fingerprint density at radius 3 is 2.74 bits per heavy atom. The number of aromatic nitrogens is 1. The Morgan fingerprint density at radius 2 is 2.04 bits per heavy atom. The lowest BCUT2D eigenvalue weighted by molar-refractivity contribution is 0.140. The third kappa shape index (κ3) is 6.19. The Balaban J connectivity index is 1.62. The first-order valence-corrected chi connectivity index (χ1v) is 7.31. The maximum atomic E-state index is 11.5. The maximum absolute atomic E-state index is 11.5. The number of hydrogen-bond donors (Lipinski definition) is 3. The predicted molar refractivity (Wildman–Crippen MR) is 90.3 cm³/mol. The highest BCUT2D eigenvalue weighted by atomic mass is 16.5. The summed E-state index contributed by atoms with van der Waals surface area (Å²) in [6.07, 6.45) is 5.90. The van der Waals surface area contributed by atoms with E-state index in [0.29, 0.717) is 18.8 Å². The van der Waals surface area contributed by atoms with Crippen molar-refractivity contribution in [3.8, 4) is 0 Å². The number of benzene rings is 1. The number of amides is 1. The first-order chi connectivity index (χ1) is 11.3. The van der Waals surface area contributed by atoms with Crippen molar-refractivity contribution < 1.29 is 9.53 Å². The number of ether oxygens (including phenoxy) is 1. The molecule has 4 N–H and O–H groups in total. The molecule has 0 atom stereocenters. The molecule has 120 valence electrons. The average molecular weight is 312 g/mol. The van der Waals surface area contributed by atoms with E-state index in [1.54, 1.807) is 12.3 Å². The van der Waals surface area contributed by atoms with Crippen LogP contribution >= 0.6 is 0 Å². The molecule has 0 aliphatic heterocycles. The van der Waals surface area contributed by atoms with Gasteiger partial charge < -0.3 is 15.5 Å². The Hall–Kier alpha value is -2.86. The van der Waals surface area contributed by atoms with Crippen molar-refractivity contribution in [3.63, 3.8) is 0 Å². The summed E-state index contributed by atoms with van der Waals surface area (Å²) in [6, 6.07) is 13.3. The molecule has 1 aromatic heterocycles. The fourth-order valence-corrected chi connectivity index (χ4v) is 1.84. The van der Waals surface area contributed by atoms with E-state index in [1.807, 2.05) is 48.6 Å². The van der Waals surface area contributed by atoms with E-state index in [0.717, 1.165) is 11.1 Å². The summed E-state index contributed by atoms with van der Waals surface area (Å²) < 4.78 is 5.12. The molecule has 0 saturated heterocycles. The summed E-state index contributed by atoms with van der Waals surface area (Å²) in [5, 5.41) is 2.70. The summed E-state index contributed by atoms with van der Waals surface area (Å²) in [4.78, 5) is 15.6. The zero-order valence-electron chi connectivity index (χ0n) is 12.7. The minimum Gasteiger partial charge on any atom is -0.445 e. The van der Waals surface area contributed by atoms with Gasteiger partial charge >= 0.3 is 6.09 Å². The number of hydrogen-bond acceptors (Lipinski definition) is 5. The monoisotopic (exact) mass is 312 g/mol. The van der Waals surface area contributed by atoms with Gasteiger partial charge in [0, 0.05) is 12.7 Å². The third-order valence-electron chi connectivity index (χ3n) is 3.04. The van der Waals surface area contributed by atoms with Crippen LogP contribution in [0.3, 0.4) is 0 Å². The van der Waals surface area contributed by atoms with Gasteiger partial charge in [0.1, 0.15) is 12.4 Å². The minimum atomic E-state index is -0.415. The zero-order chi connectivity index (χ0) is 16.3. The van der Waals surface area contributed by atoms with Crippen LogP contribution in [0.5, 0.6) is 0 Å². The van der Waals surface area contributed by atoms with Crippen LogP contribution in [-0.4, -0.2) is 17.6 Å². The van der Waals surface area contributed by atoms with Crippen LogP contribution in [0.15, 0.2) is 54.7 Å². The van der Waals surface area contributed by atoms with Gasteiger partial charge in [-0.25, -0.2) is 15.6 Å². The number of carbonyl (C=O) groups excluding carboxylic acids is 1. The molecule has 23 heavy (non-hydrogen) atoms. The Labute approximate surface area is 135 Å². The first kappa shape index (κ1) is 16.5. The van der Waals surface area contributed by atoms with E-state index in [9.17, 15) is 4.79 Å². The second-order valence-electron chi connectivity index (χ2n) is 4.80. The molecule has 0 aliphatic carbocycles. The zero-order valence-corrected chi connectivity index (χ0v) is 12.7. The Kier molecular flexibility index (Phi) is 6.62. The molecule has 6 heteroatoms. The third-order valence-corrected chi connectivity index (χ3v) is 3.04. The van der Waals surface area contributed by atoms with Crippen molar-refractivity contribution in [3.05, 3.63) is 65.9 Å². The van der Waals surface area contributed by atoms with E-state index >= 15 is 0 Å². The van der Waals surface area contributed by atoms with E-state index in [1.165, 1.54) is 0 Å². The summed E-state index contributed by atoms with van der Waals surface area (Å²) in [5.74, 6) is 5.86. The Morgan fingerprint density at radius 1 is 1.22 bits per heavy atom. The fourth-order valence-electron chi connectivity index (χ4n) is 1.84. The molecule has 2 rings (SSSR count). The lowest BCUT2D eigenvalue weighted by Crippen LogP contribution is -2.24. The van der Waals surface area contributed by atoms with Crippen LogP contribution in [0.2, 0.25) is 0 Å². The van der Waals surface area contributed by atoms with E-state index in [-0.39, 0.29) is 6.61 Å². The predicted octanol–water partition coefficient (Wildman–Crippen LogP) is 2.70. The maximum Gasteiger partial charge on any atom is 0.407 e. The van der Waals surface area contributed by atoms with Gasteiger partial charge in [-0.3, -0.25) is 0 Å². The molecule has 0 unspecified atom stereocenters. The number of nitrogen functional groups attached to an aromatic ring is 1. The van der Waals surface area contributed by atoms with Crippen LogP contribution in [0.1, 0.15) is 17.5 Å². The summed E-state index contributed by atoms with van der Waals surface area (Å²) in [6.45, 7) is 0.787. The van der Waals surface area contributed by atoms with Gasteiger partial charge in [-0.2, -0.15) is 0 Å². The second kappa shape index (κ2) is 9.22. The molecule has 1 amide bonds. The standard InChI is InChI=1S/C17H20N4O2/c18-21-16-10-9-14(12-20-16)6-4-5-11-19-17(22)23-13-15-7-2-1-3-8-15/h1-4,6-10,12H,5,11,13,18H2,(H,19,22)(H,20,21). The van der Waals surface area contributed by atoms with Crippen molar-refractivity contribution in [1.82, 2.24) is 10.3 Å². The highest BCUT2D eigenvalue weighted by molar-refractivity contribution is 5.67. The minimum absolute atomic E-state index is 0.274. The van der Waals surface area contributed by atoms with Crippen molar-refractivity contribution >= 4 is 18.0 Å². The van der Waals surface area contributed by atoms with Gasteiger partial charge in [0.2, 0.25) is 0 Å². The number of anilines is 1. The lowest BCUT2D eigenvalue weighted by atomic mass is 10.2. The number of nitrogens with zero attached hydrogens (tertiary/aromatic N) is 1. The van der Waals surface area contributed by atoms with Gasteiger partial charge in [0.15, 0.2) is 0 Å². The summed E-state index contributed by atoms with van der Waals surface area (Å²) >= 11 is 0. The van der Waals surface area contributed by atoms with Crippen LogP contribution in [-0.2, 0) is 11.3 Å². The topological polar surface area (TPSA) is 89.3 Å². The van der Waals surface area contributed by atoms with Crippen LogP contribution in [0, 0.1) is 0 Å². The van der Waals surface area contributed by atoms with Crippen LogP contribution in [0.4, 0.5) is 10.6 Å². The number of nitrogens with one attached hydrogen (secondary N) is 2. The second-order valence-corrected chi connectivity index (χ2v) is 4.80. The van der Waals surface area contributed by atoms with E-state index in [4.69, 9.17) is 10.6 Å². The van der Waals surface area contributed by atoms with Crippen molar-refractivity contribution in [2.75, 3.05) is 12.0 Å². The van der Waals surface area contributed by atoms with Gasteiger partial charge in [-0.15, -0.1) is 0 Å². The molecule has 1 heterocycles. The van der Waals surface area contributed by atoms with Gasteiger partial charge in [0.25, 0.3) is 0 Å². The number of rotatable bonds is 7. The van der Waals surface area contributed by atoms with E-state index < -0.39 is 6.09 Å². The highest BCUT2D eigenvalue weighted by Crippen LogP contribution is 2.05. The molecule has 0 fully saturated rings. The molecule has 0 radical (unpaired) electrons. The van der Waals surface area contributed by atoms with Crippen molar-refractivity contribution in [1.29, 1.82) is 0 Å². The number of nitrogens with two attached hydrogens (primary N) is 1. The summed E-state index contributed by atoms with van der Waals surface area (Å²) in [5.41, 5.74) is 4.40. The largest absolute Gasteiger partial charge is 0.445 e. The molecule has 6 nitrogen and oxygen atoms in total. The fraction of sp³-hybridized carbons (Fsp3) is 0.176. The molecule has 1 aromatic carbocycles. The smallest absolute Gasteiger partial charge is 0.407 e. The summed E-state index contributed by atoms with van der Waals surface area (Å²) in [7, 11) is 0. The Bertz CT molecular complexity index is 627. The number of carbonyl (C=O) groups is 1. The number of pyridine rings is 1. The van der Waals surface area contributed by atoms with Crippen molar-refractivity contribution in [2.45, 2.75) is 13.0 Å². The number of hydrazine groups is 1. The molecular formula is C17H20N4O2. The average Bonchev–Trinajstić information content (AvgIpc) is 2.61. The normalized spacial score (nSPS) is 10.5. The van der Waals surface area contributed by atoms with Gasteiger partial charge in [-0.1, -0.05) is 42.5 Å². The molecular weight excluding hydrogens is 292 g/mol. The molecule has 0 aliphatic rings. The van der Waals surface area contributed by atoms with Crippen LogP contribution < -0.4 is 16.6 Å². The molecule has 0 saturated carbocycles. The van der Waals surface area contributed by atoms with E-state index in [2.05, 4.69) is 15.7 Å². The molecule has 0 spiro atoms. The van der Waals surface area contributed by atoms with Crippen LogP contribution in [0.25, 0.3) is 6.08 Å². The highest BCUT2D eigenvalue weighted by Gasteiger charge is 2.00. The molecule has 2 aromatic rings. The quantitative estimate of drug-likeness (QED) is 0.415.